The van der Waals surface area contributed by atoms with E-state index in [0.29, 0.717) is 6.04 Å². The number of anilines is 1. The van der Waals surface area contributed by atoms with E-state index in [0.717, 1.165) is 25.5 Å². The van der Waals surface area contributed by atoms with E-state index in [1.807, 2.05) is 12.1 Å². The van der Waals surface area contributed by atoms with Gasteiger partial charge in [0.25, 0.3) is 0 Å². The Morgan fingerprint density at radius 1 is 1.17 bits per heavy atom. The molecule has 1 aliphatic rings. The van der Waals surface area contributed by atoms with Gasteiger partial charge in [-0.25, -0.2) is 0 Å². The van der Waals surface area contributed by atoms with E-state index in [4.69, 9.17) is 0 Å². The molecule has 2 heterocycles. The van der Waals surface area contributed by atoms with Crippen LogP contribution >= 0.6 is 11.8 Å². The molecule has 0 spiro atoms. The molecule has 4 nitrogen and oxygen atoms in total. The maximum atomic E-state index is 4.22. The third kappa shape index (κ3) is 4.24. The van der Waals surface area contributed by atoms with Crippen molar-refractivity contribution in [3.8, 4) is 0 Å². The molecule has 0 saturated carbocycles. The van der Waals surface area contributed by atoms with Gasteiger partial charge in [0.2, 0.25) is 0 Å². The number of benzene rings is 1. The Morgan fingerprint density at radius 3 is 2.52 bits per heavy atom. The Kier molecular flexibility index (Phi) is 5.51. The number of hydrogen-bond donors (Lipinski definition) is 0. The lowest BCUT2D eigenvalue weighted by atomic mass is 10.0. The molecule has 0 unspecified atom stereocenters. The standard InChI is InChI=1S/C18H24N4S/c1-21(18-4-3-11-19-20-18)16-9-12-22(13-10-16)14-15-5-7-17(23-2)8-6-15/h3-8,11,16H,9-10,12-14H2,1-2H3. The lowest BCUT2D eigenvalue weighted by Crippen LogP contribution is -2.43. The molecule has 5 heteroatoms. The van der Waals surface area contributed by atoms with Gasteiger partial charge in [-0.15, -0.1) is 16.9 Å². The number of thioether (sulfide) groups is 1. The van der Waals surface area contributed by atoms with Crippen LogP contribution in [0.4, 0.5) is 5.82 Å². The molecule has 3 rings (SSSR count). The fourth-order valence-corrected chi connectivity index (χ4v) is 3.53. The molecule has 0 atom stereocenters. The maximum Gasteiger partial charge on any atom is 0.151 e. The fraction of sp³-hybridized carbons (Fsp3) is 0.444. The molecule has 1 aliphatic heterocycles. The zero-order valence-electron chi connectivity index (χ0n) is 13.9. The molecular weight excluding hydrogens is 304 g/mol. The van der Waals surface area contributed by atoms with Gasteiger partial charge in [0.1, 0.15) is 0 Å². The van der Waals surface area contributed by atoms with Gasteiger partial charge in [0, 0.05) is 43.8 Å². The third-order valence-electron chi connectivity index (χ3n) is 4.59. The van der Waals surface area contributed by atoms with Crippen molar-refractivity contribution in [1.82, 2.24) is 15.1 Å². The summed E-state index contributed by atoms with van der Waals surface area (Å²) < 4.78 is 0. The number of hydrogen-bond acceptors (Lipinski definition) is 5. The van der Waals surface area contributed by atoms with Crippen LogP contribution in [0, 0.1) is 0 Å². The minimum absolute atomic E-state index is 0.557. The van der Waals surface area contributed by atoms with E-state index in [2.05, 4.69) is 57.6 Å². The molecule has 122 valence electrons. The lowest BCUT2D eigenvalue weighted by Gasteiger charge is -2.37. The van der Waals surface area contributed by atoms with Crippen molar-refractivity contribution in [2.75, 3.05) is 31.3 Å². The van der Waals surface area contributed by atoms with E-state index < -0.39 is 0 Å². The summed E-state index contributed by atoms with van der Waals surface area (Å²) >= 11 is 1.79. The predicted molar refractivity (Wildman–Crippen MR) is 97.0 cm³/mol. The largest absolute Gasteiger partial charge is 0.355 e. The van der Waals surface area contributed by atoms with Gasteiger partial charge >= 0.3 is 0 Å². The van der Waals surface area contributed by atoms with Crippen molar-refractivity contribution in [3.63, 3.8) is 0 Å². The summed E-state index contributed by atoms with van der Waals surface area (Å²) in [6.45, 7) is 3.33. The first-order valence-electron chi connectivity index (χ1n) is 8.12. The molecule has 0 N–H and O–H groups in total. The van der Waals surface area contributed by atoms with Crippen molar-refractivity contribution in [1.29, 1.82) is 0 Å². The Morgan fingerprint density at radius 2 is 1.91 bits per heavy atom. The van der Waals surface area contributed by atoms with Gasteiger partial charge < -0.3 is 4.90 Å². The number of aromatic nitrogens is 2. The Bertz CT molecular complexity index is 594. The van der Waals surface area contributed by atoms with E-state index >= 15 is 0 Å². The predicted octanol–water partition coefficient (Wildman–Crippen LogP) is 3.30. The highest BCUT2D eigenvalue weighted by Gasteiger charge is 2.23. The van der Waals surface area contributed by atoms with E-state index in [1.165, 1.54) is 23.3 Å². The molecule has 1 saturated heterocycles. The molecule has 0 aliphatic carbocycles. The van der Waals surface area contributed by atoms with Crippen LogP contribution in [-0.4, -0.2) is 47.5 Å². The average molecular weight is 328 g/mol. The first kappa shape index (κ1) is 16.3. The van der Waals surface area contributed by atoms with Gasteiger partial charge in [-0.3, -0.25) is 4.90 Å². The van der Waals surface area contributed by atoms with Crippen LogP contribution in [0.3, 0.4) is 0 Å². The second-order valence-corrected chi connectivity index (χ2v) is 6.93. The summed E-state index contributed by atoms with van der Waals surface area (Å²) in [5.41, 5.74) is 1.41. The second-order valence-electron chi connectivity index (χ2n) is 6.05. The zero-order valence-corrected chi connectivity index (χ0v) is 14.7. The SMILES string of the molecule is CSc1ccc(CN2CCC(N(C)c3cccnn3)CC2)cc1. The molecular formula is C18H24N4S. The molecule has 0 radical (unpaired) electrons. The normalized spacial score (nSPS) is 16.4. The summed E-state index contributed by atoms with van der Waals surface area (Å²) in [4.78, 5) is 6.16. The minimum atomic E-state index is 0.557. The number of nitrogens with zero attached hydrogens (tertiary/aromatic N) is 4. The summed E-state index contributed by atoms with van der Waals surface area (Å²) in [7, 11) is 2.13. The van der Waals surface area contributed by atoms with E-state index in [9.17, 15) is 0 Å². The lowest BCUT2D eigenvalue weighted by molar-refractivity contribution is 0.203. The van der Waals surface area contributed by atoms with Gasteiger partial charge in [-0.1, -0.05) is 12.1 Å². The number of piperidine rings is 1. The van der Waals surface area contributed by atoms with Gasteiger partial charge in [-0.2, -0.15) is 5.10 Å². The van der Waals surface area contributed by atoms with E-state index in [-0.39, 0.29) is 0 Å². The molecule has 0 bridgehead atoms. The van der Waals surface area contributed by atoms with Crippen LogP contribution < -0.4 is 4.90 Å². The third-order valence-corrected chi connectivity index (χ3v) is 5.33. The molecule has 1 aromatic heterocycles. The van der Waals surface area contributed by atoms with Crippen molar-refractivity contribution < 1.29 is 0 Å². The zero-order chi connectivity index (χ0) is 16.1. The fourth-order valence-electron chi connectivity index (χ4n) is 3.12. The highest BCUT2D eigenvalue weighted by atomic mass is 32.2. The topological polar surface area (TPSA) is 32.3 Å². The molecule has 1 fully saturated rings. The van der Waals surface area contributed by atoms with Crippen LogP contribution in [0.5, 0.6) is 0 Å². The van der Waals surface area contributed by atoms with Gasteiger partial charge in [0.05, 0.1) is 0 Å². The smallest absolute Gasteiger partial charge is 0.151 e. The second kappa shape index (κ2) is 7.79. The van der Waals surface area contributed by atoms with Crippen LogP contribution in [-0.2, 0) is 6.54 Å². The van der Waals surface area contributed by atoms with Crippen LogP contribution in [0.2, 0.25) is 0 Å². The number of likely N-dealkylation sites (tertiary alicyclic amines) is 1. The molecule has 0 amide bonds. The first-order chi connectivity index (χ1) is 11.3. The minimum Gasteiger partial charge on any atom is -0.355 e. The van der Waals surface area contributed by atoms with Crippen molar-refractivity contribution in [2.24, 2.45) is 0 Å². The van der Waals surface area contributed by atoms with E-state index in [1.54, 1.807) is 18.0 Å². The Hall–Kier alpha value is -1.59. The van der Waals surface area contributed by atoms with Gasteiger partial charge in [0.15, 0.2) is 5.82 Å². The van der Waals surface area contributed by atoms with Crippen molar-refractivity contribution in [2.45, 2.75) is 30.3 Å². The average Bonchev–Trinajstić information content (AvgIpc) is 2.63. The van der Waals surface area contributed by atoms with Crippen molar-refractivity contribution >= 4 is 17.6 Å². The van der Waals surface area contributed by atoms with Crippen LogP contribution in [0.15, 0.2) is 47.5 Å². The molecule has 1 aromatic carbocycles. The summed E-state index contributed by atoms with van der Waals surface area (Å²) in [5, 5.41) is 8.20. The Labute approximate surface area is 142 Å². The molecule has 2 aromatic rings. The summed E-state index contributed by atoms with van der Waals surface area (Å²) in [6.07, 6.45) is 6.20. The van der Waals surface area contributed by atoms with Crippen LogP contribution in [0.25, 0.3) is 0 Å². The number of rotatable bonds is 5. The maximum absolute atomic E-state index is 4.22. The Balaban J connectivity index is 1.51. The monoisotopic (exact) mass is 328 g/mol. The van der Waals surface area contributed by atoms with Crippen molar-refractivity contribution in [3.05, 3.63) is 48.2 Å². The highest BCUT2D eigenvalue weighted by molar-refractivity contribution is 7.98. The van der Waals surface area contributed by atoms with Gasteiger partial charge in [-0.05, 0) is 48.9 Å². The molecule has 23 heavy (non-hydrogen) atoms. The summed E-state index contributed by atoms with van der Waals surface area (Å²) in [6, 6.07) is 13.5. The van der Waals surface area contributed by atoms with Crippen LogP contribution in [0.1, 0.15) is 18.4 Å². The summed E-state index contributed by atoms with van der Waals surface area (Å²) in [5.74, 6) is 0.971. The highest BCUT2D eigenvalue weighted by Crippen LogP contribution is 2.22. The first-order valence-corrected chi connectivity index (χ1v) is 9.34. The quantitative estimate of drug-likeness (QED) is 0.786.